The molecule has 2 amide bonds. The molecule has 1 saturated carbocycles. The molecule has 0 atom stereocenters. The van der Waals surface area contributed by atoms with E-state index >= 15 is 0 Å². The van der Waals surface area contributed by atoms with E-state index in [1.54, 1.807) is 7.05 Å². The quantitative estimate of drug-likeness (QED) is 0.788. The highest BCUT2D eigenvalue weighted by Crippen LogP contribution is 2.26. The number of nitrogens with zero attached hydrogens (tertiary/aromatic N) is 2. The molecular weight excluding hydrogens is 264 g/mol. The van der Waals surface area contributed by atoms with Crippen LogP contribution in [0.15, 0.2) is 0 Å². The number of carboxylic acids is 2. The van der Waals surface area contributed by atoms with Crippen LogP contribution < -0.4 is 0 Å². The van der Waals surface area contributed by atoms with Crippen molar-refractivity contribution >= 4 is 18.0 Å². The van der Waals surface area contributed by atoms with Gasteiger partial charge in [-0.3, -0.25) is 9.59 Å². The topological polar surface area (TPSA) is 98.2 Å². The van der Waals surface area contributed by atoms with Crippen LogP contribution in [0.25, 0.3) is 0 Å². The number of hydrogen-bond donors (Lipinski definition) is 2. The second-order valence-corrected chi connectivity index (χ2v) is 5.45. The van der Waals surface area contributed by atoms with E-state index in [1.807, 2.05) is 0 Å². The van der Waals surface area contributed by atoms with Crippen LogP contribution in [-0.2, 0) is 9.59 Å². The average molecular weight is 286 g/mol. The maximum Gasteiger partial charge on any atom is 0.323 e. The third-order valence-corrected chi connectivity index (χ3v) is 3.76. The SMILES string of the molecule is CC1CCC(N(C)C(=O)N(CC(=O)O)CC(=O)O)CC1. The van der Waals surface area contributed by atoms with Crippen molar-refractivity contribution in [2.24, 2.45) is 5.92 Å². The highest BCUT2D eigenvalue weighted by molar-refractivity contribution is 5.84. The lowest BCUT2D eigenvalue weighted by atomic mass is 9.87. The number of hydrogen-bond acceptors (Lipinski definition) is 3. The summed E-state index contributed by atoms with van der Waals surface area (Å²) < 4.78 is 0. The predicted octanol–water partition coefficient (Wildman–Crippen LogP) is 1.09. The average Bonchev–Trinajstić information content (AvgIpc) is 2.36. The van der Waals surface area contributed by atoms with Crippen LogP contribution in [0, 0.1) is 5.92 Å². The standard InChI is InChI=1S/C13H22N2O5/c1-9-3-5-10(6-4-9)14(2)13(20)15(7-11(16)17)8-12(18)19/h9-10H,3-8H2,1-2H3,(H,16,17)(H,18,19). The first-order chi connectivity index (χ1) is 9.31. The summed E-state index contributed by atoms with van der Waals surface area (Å²) in [5.41, 5.74) is 0. The summed E-state index contributed by atoms with van der Waals surface area (Å²) in [6.45, 7) is 0.969. The van der Waals surface area contributed by atoms with Gasteiger partial charge in [0.15, 0.2) is 0 Å². The first-order valence-electron chi connectivity index (χ1n) is 6.76. The van der Waals surface area contributed by atoms with E-state index in [4.69, 9.17) is 10.2 Å². The molecule has 0 aliphatic heterocycles. The molecule has 0 bridgehead atoms. The van der Waals surface area contributed by atoms with Crippen LogP contribution in [0.2, 0.25) is 0 Å². The van der Waals surface area contributed by atoms with Gasteiger partial charge in [0.05, 0.1) is 0 Å². The van der Waals surface area contributed by atoms with Crippen molar-refractivity contribution in [3.05, 3.63) is 0 Å². The van der Waals surface area contributed by atoms with E-state index < -0.39 is 31.1 Å². The maximum absolute atomic E-state index is 12.2. The maximum atomic E-state index is 12.2. The second kappa shape index (κ2) is 7.12. The van der Waals surface area contributed by atoms with Crippen molar-refractivity contribution in [3.8, 4) is 0 Å². The Hall–Kier alpha value is -1.79. The lowest BCUT2D eigenvalue weighted by Crippen LogP contribution is -2.50. The molecule has 7 nitrogen and oxygen atoms in total. The smallest absolute Gasteiger partial charge is 0.323 e. The molecule has 0 aromatic rings. The summed E-state index contributed by atoms with van der Waals surface area (Å²) in [6.07, 6.45) is 3.80. The highest BCUT2D eigenvalue weighted by atomic mass is 16.4. The van der Waals surface area contributed by atoms with Crippen LogP contribution in [0.1, 0.15) is 32.6 Å². The van der Waals surface area contributed by atoms with Crippen molar-refractivity contribution in [3.63, 3.8) is 0 Å². The predicted molar refractivity (Wildman–Crippen MR) is 71.4 cm³/mol. The molecule has 0 saturated heterocycles. The Balaban J connectivity index is 2.67. The molecule has 7 heteroatoms. The molecular formula is C13H22N2O5. The van der Waals surface area contributed by atoms with Gasteiger partial charge in [-0.05, 0) is 31.6 Å². The van der Waals surface area contributed by atoms with Crippen molar-refractivity contribution in [2.75, 3.05) is 20.1 Å². The molecule has 1 rings (SSSR count). The minimum atomic E-state index is -1.22. The highest BCUT2D eigenvalue weighted by Gasteiger charge is 2.29. The lowest BCUT2D eigenvalue weighted by Gasteiger charge is -2.36. The molecule has 0 aromatic carbocycles. The fraction of sp³-hybridized carbons (Fsp3) is 0.769. The Morgan fingerprint density at radius 2 is 1.45 bits per heavy atom. The van der Waals surface area contributed by atoms with Crippen LogP contribution in [0.3, 0.4) is 0 Å². The van der Waals surface area contributed by atoms with E-state index in [2.05, 4.69) is 6.92 Å². The van der Waals surface area contributed by atoms with Gasteiger partial charge in [-0.25, -0.2) is 4.79 Å². The summed E-state index contributed by atoms with van der Waals surface area (Å²) in [5, 5.41) is 17.5. The van der Waals surface area contributed by atoms with Gasteiger partial charge in [0.1, 0.15) is 13.1 Å². The van der Waals surface area contributed by atoms with Gasteiger partial charge in [-0.15, -0.1) is 0 Å². The van der Waals surface area contributed by atoms with Gasteiger partial charge in [0.2, 0.25) is 0 Å². The summed E-state index contributed by atoms with van der Waals surface area (Å²) in [7, 11) is 1.61. The van der Waals surface area contributed by atoms with Crippen molar-refractivity contribution in [1.29, 1.82) is 0 Å². The number of urea groups is 1. The zero-order valence-electron chi connectivity index (χ0n) is 11.9. The Morgan fingerprint density at radius 1 is 1.00 bits per heavy atom. The van der Waals surface area contributed by atoms with Crippen LogP contribution in [0.4, 0.5) is 4.79 Å². The first-order valence-corrected chi connectivity index (χ1v) is 6.76. The number of carbonyl (C=O) groups is 3. The van der Waals surface area contributed by atoms with E-state index in [0.717, 1.165) is 30.6 Å². The van der Waals surface area contributed by atoms with Crippen molar-refractivity contribution in [2.45, 2.75) is 38.6 Å². The fourth-order valence-electron chi connectivity index (χ4n) is 2.53. The summed E-state index contributed by atoms with van der Waals surface area (Å²) >= 11 is 0. The van der Waals surface area contributed by atoms with E-state index in [-0.39, 0.29) is 6.04 Å². The van der Waals surface area contributed by atoms with E-state index in [9.17, 15) is 14.4 Å². The fourth-order valence-corrected chi connectivity index (χ4v) is 2.53. The summed E-state index contributed by atoms with van der Waals surface area (Å²) in [4.78, 5) is 36.0. The van der Waals surface area contributed by atoms with E-state index in [1.165, 1.54) is 4.90 Å². The molecule has 114 valence electrons. The van der Waals surface area contributed by atoms with Crippen LogP contribution in [-0.4, -0.2) is 64.2 Å². The zero-order valence-corrected chi connectivity index (χ0v) is 11.9. The minimum Gasteiger partial charge on any atom is -0.480 e. The van der Waals surface area contributed by atoms with Gasteiger partial charge < -0.3 is 20.0 Å². The zero-order chi connectivity index (χ0) is 15.3. The van der Waals surface area contributed by atoms with Gasteiger partial charge in [-0.1, -0.05) is 6.92 Å². The molecule has 0 aromatic heterocycles. The lowest BCUT2D eigenvalue weighted by molar-refractivity contribution is -0.140. The molecule has 1 aliphatic rings. The molecule has 0 radical (unpaired) electrons. The molecule has 2 N–H and O–H groups in total. The summed E-state index contributed by atoms with van der Waals surface area (Å²) in [5.74, 6) is -1.79. The minimum absolute atomic E-state index is 0.0591. The van der Waals surface area contributed by atoms with Gasteiger partial charge >= 0.3 is 18.0 Å². The second-order valence-electron chi connectivity index (χ2n) is 5.45. The van der Waals surface area contributed by atoms with Gasteiger partial charge in [0.25, 0.3) is 0 Å². The Bertz CT molecular complexity index is 361. The monoisotopic (exact) mass is 286 g/mol. The van der Waals surface area contributed by atoms with Gasteiger partial charge in [-0.2, -0.15) is 0 Å². The van der Waals surface area contributed by atoms with Crippen LogP contribution in [0.5, 0.6) is 0 Å². The molecule has 0 spiro atoms. The van der Waals surface area contributed by atoms with E-state index in [0.29, 0.717) is 5.92 Å². The number of rotatable bonds is 5. The van der Waals surface area contributed by atoms with Gasteiger partial charge in [0, 0.05) is 13.1 Å². The number of carbonyl (C=O) groups excluding carboxylic acids is 1. The van der Waals surface area contributed by atoms with Crippen LogP contribution >= 0.6 is 0 Å². The molecule has 20 heavy (non-hydrogen) atoms. The third kappa shape index (κ3) is 4.71. The Morgan fingerprint density at radius 3 is 1.85 bits per heavy atom. The first kappa shape index (κ1) is 16.3. The normalized spacial score (nSPS) is 22.1. The third-order valence-electron chi connectivity index (χ3n) is 3.76. The largest absolute Gasteiger partial charge is 0.480 e. The molecule has 0 heterocycles. The number of aliphatic carboxylic acids is 2. The number of carboxylic acid groups (broad SMARTS) is 2. The molecule has 1 fully saturated rings. The molecule has 1 aliphatic carbocycles. The number of amides is 2. The summed E-state index contributed by atoms with van der Waals surface area (Å²) in [6, 6.07) is -0.474. The Kier molecular flexibility index (Phi) is 5.79. The van der Waals surface area contributed by atoms with Crippen molar-refractivity contribution < 1.29 is 24.6 Å². The van der Waals surface area contributed by atoms with Crippen molar-refractivity contribution in [1.82, 2.24) is 9.80 Å². The molecule has 0 unspecified atom stereocenters. The Labute approximate surface area is 118 Å².